The third-order valence-corrected chi connectivity index (χ3v) is 7.66. The molecular formula is C37H51NO3. The van der Waals surface area contributed by atoms with Crippen LogP contribution in [-0.2, 0) is 19.9 Å². The fourth-order valence-electron chi connectivity index (χ4n) is 5.31. The Morgan fingerprint density at radius 3 is 1.63 bits per heavy atom. The van der Waals surface area contributed by atoms with Gasteiger partial charge in [0.2, 0.25) is 5.91 Å². The van der Waals surface area contributed by atoms with E-state index in [4.69, 9.17) is 9.47 Å². The van der Waals surface area contributed by atoms with E-state index in [9.17, 15) is 4.79 Å². The molecule has 0 heterocycles. The zero-order chi connectivity index (χ0) is 29.0. The first-order valence-corrected chi connectivity index (χ1v) is 15.9. The fraction of sp³-hybridized carbons (Fsp3) is 0.486. The van der Waals surface area contributed by atoms with E-state index in [0.29, 0.717) is 26.2 Å². The van der Waals surface area contributed by atoms with E-state index < -0.39 is 5.60 Å². The SMILES string of the molecule is CCCCCCCCCC(=O)NCC(COC(c1ccccc1)(c1ccccc1)c1ccccc1)OCCCCC. The van der Waals surface area contributed by atoms with Crippen molar-refractivity contribution in [3.8, 4) is 0 Å². The molecule has 0 fully saturated rings. The first-order chi connectivity index (χ1) is 20.2. The van der Waals surface area contributed by atoms with Crippen LogP contribution in [0, 0.1) is 0 Å². The first-order valence-electron chi connectivity index (χ1n) is 15.9. The second kappa shape index (κ2) is 19.2. The highest BCUT2D eigenvalue weighted by Crippen LogP contribution is 2.40. The predicted octanol–water partition coefficient (Wildman–Crippen LogP) is 8.83. The van der Waals surface area contributed by atoms with Gasteiger partial charge in [-0.05, 0) is 29.5 Å². The van der Waals surface area contributed by atoms with Crippen molar-refractivity contribution >= 4 is 5.91 Å². The summed E-state index contributed by atoms with van der Waals surface area (Å²) in [6.45, 7) is 5.88. The van der Waals surface area contributed by atoms with Gasteiger partial charge in [0.1, 0.15) is 5.60 Å². The summed E-state index contributed by atoms with van der Waals surface area (Å²) in [7, 11) is 0. The van der Waals surface area contributed by atoms with Crippen LogP contribution in [0.25, 0.3) is 0 Å². The van der Waals surface area contributed by atoms with Gasteiger partial charge in [0.05, 0.1) is 12.7 Å². The molecule has 3 aromatic carbocycles. The Morgan fingerprint density at radius 2 is 1.12 bits per heavy atom. The molecule has 1 atom stereocenters. The van der Waals surface area contributed by atoms with Crippen LogP contribution in [0.2, 0.25) is 0 Å². The number of amides is 1. The van der Waals surface area contributed by atoms with Gasteiger partial charge in [0.15, 0.2) is 0 Å². The summed E-state index contributed by atoms with van der Waals surface area (Å²) < 4.78 is 13.3. The molecule has 0 saturated heterocycles. The molecule has 0 aliphatic heterocycles. The maximum Gasteiger partial charge on any atom is 0.220 e. The van der Waals surface area contributed by atoms with Crippen molar-refractivity contribution in [3.05, 3.63) is 108 Å². The van der Waals surface area contributed by atoms with E-state index >= 15 is 0 Å². The van der Waals surface area contributed by atoms with Crippen molar-refractivity contribution in [3.63, 3.8) is 0 Å². The molecule has 222 valence electrons. The number of hydrogen-bond acceptors (Lipinski definition) is 3. The Bertz CT molecular complexity index is 974. The second-order valence-corrected chi connectivity index (χ2v) is 11.0. The lowest BCUT2D eigenvalue weighted by Gasteiger charge is -2.37. The number of carbonyl (C=O) groups is 1. The molecule has 3 rings (SSSR count). The number of rotatable bonds is 21. The molecule has 4 heteroatoms. The molecule has 1 N–H and O–H groups in total. The van der Waals surface area contributed by atoms with Crippen molar-refractivity contribution < 1.29 is 14.3 Å². The summed E-state index contributed by atoms with van der Waals surface area (Å²) in [6.07, 6.45) is 12.0. The smallest absolute Gasteiger partial charge is 0.220 e. The normalized spacial score (nSPS) is 12.2. The maximum atomic E-state index is 12.7. The Hall–Kier alpha value is -2.95. The number of carbonyl (C=O) groups excluding carboxylic acids is 1. The molecule has 4 nitrogen and oxygen atoms in total. The number of unbranched alkanes of at least 4 members (excludes halogenated alkanes) is 8. The Labute approximate surface area is 248 Å². The number of ether oxygens (including phenoxy) is 2. The van der Waals surface area contributed by atoms with Crippen molar-refractivity contribution in [2.24, 2.45) is 0 Å². The van der Waals surface area contributed by atoms with Gasteiger partial charge < -0.3 is 14.8 Å². The number of nitrogens with one attached hydrogen (secondary N) is 1. The summed E-state index contributed by atoms with van der Waals surface area (Å²) >= 11 is 0. The van der Waals surface area contributed by atoms with Gasteiger partial charge in [0.25, 0.3) is 0 Å². The van der Waals surface area contributed by atoms with Crippen molar-refractivity contribution in [2.75, 3.05) is 19.8 Å². The van der Waals surface area contributed by atoms with Crippen molar-refractivity contribution in [2.45, 2.75) is 96.2 Å². The second-order valence-electron chi connectivity index (χ2n) is 11.0. The quantitative estimate of drug-likeness (QED) is 0.105. The summed E-state index contributed by atoms with van der Waals surface area (Å²) in [5.41, 5.74) is 2.37. The Balaban J connectivity index is 1.73. The molecule has 0 bridgehead atoms. The van der Waals surface area contributed by atoms with E-state index in [1.807, 2.05) is 18.2 Å². The predicted molar refractivity (Wildman–Crippen MR) is 170 cm³/mol. The van der Waals surface area contributed by atoms with Crippen LogP contribution in [0.5, 0.6) is 0 Å². The van der Waals surface area contributed by atoms with E-state index in [-0.39, 0.29) is 12.0 Å². The monoisotopic (exact) mass is 557 g/mol. The zero-order valence-corrected chi connectivity index (χ0v) is 25.4. The van der Waals surface area contributed by atoms with Crippen molar-refractivity contribution in [1.29, 1.82) is 0 Å². The Kier molecular flexibility index (Phi) is 15.3. The van der Waals surface area contributed by atoms with E-state index in [1.54, 1.807) is 0 Å². The summed E-state index contributed by atoms with van der Waals surface area (Å²) in [4.78, 5) is 12.7. The molecular weight excluding hydrogens is 506 g/mol. The molecule has 0 spiro atoms. The molecule has 0 aliphatic carbocycles. The number of benzene rings is 3. The van der Waals surface area contributed by atoms with Crippen LogP contribution < -0.4 is 5.32 Å². The van der Waals surface area contributed by atoms with E-state index in [1.165, 1.54) is 32.1 Å². The van der Waals surface area contributed by atoms with Gasteiger partial charge in [0, 0.05) is 19.6 Å². The van der Waals surface area contributed by atoms with Crippen molar-refractivity contribution in [1.82, 2.24) is 5.32 Å². The highest BCUT2D eigenvalue weighted by atomic mass is 16.5. The lowest BCUT2D eigenvalue weighted by atomic mass is 9.80. The van der Waals surface area contributed by atoms with Gasteiger partial charge in [-0.3, -0.25) is 4.79 Å². The van der Waals surface area contributed by atoms with Crippen LogP contribution in [0.3, 0.4) is 0 Å². The molecule has 3 aromatic rings. The summed E-state index contributed by atoms with van der Waals surface area (Å²) in [6, 6.07) is 31.2. The van der Waals surface area contributed by atoms with Gasteiger partial charge >= 0.3 is 0 Å². The van der Waals surface area contributed by atoms with E-state index in [0.717, 1.165) is 48.8 Å². The highest BCUT2D eigenvalue weighted by molar-refractivity contribution is 5.75. The van der Waals surface area contributed by atoms with Crippen LogP contribution in [0.15, 0.2) is 91.0 Å². The molecule has 0 radical (unpaired) electrons. The van der Waals surface area contributed by atoms with Gasteiger partial charge in [-0.25, -0.2) is 0 Å². The molecule has 0 saturated carbocycles. The molecule has 0 aliphatic rings. The first kappa shape index (κ1) is 32.6. The average Bonchev–Trinajstić information content (AvgIpc) is 3.03. The van der Waals surface area contributed by atoms with Gasteiger partial charge in [-0.1, -0.05) is 156 Å². The third kappa shape index (κ3) is 10.8. The summed E-state index contributed by atoms with van der Waals surface area (Å²) in [5, 5.41) is 3.15. The van der Waals surface area contributed by atoms with Crippen LogP contribution in [0.4, 0.5) is 0 Å². The van der Waals surface area contributed by atoms with Crippen LogP contribution in [0.1, 0.15) is 101 Å². The van der Waals surface area contributed by atoms with Crippen LogP contribution in [-0.4, -0.2) is 31.8 Å². The molecule has 1 unspecified atom stereocenters. The summed E-state index contributed by atoms with van der Waals surface area (Å²) in [5.74, 6) is 0.0983. The zero-order valence-electron chi connectivity index (χ0n) is 25.4. The van der Waals surface area contributed by atoms with Gasteiger partial charge in [-0.2, -0.15) is 0 Å². The highest BCUT2D eigenvalue weighted by Gasteiger charge is 2.38. The molecule has 0 aromatic heterocycles. The largest absolute Gasteiger partial charge is 0.374 e. The standard InChI is InChI=1S/C37H51NO3/c1-3-5-7-8-9-10-20-28-36(39)38-30-35(40-29-21-6-4-2)31-41-37(32-22-14-11-15-23-32,33-24-16-12-17-25-33)34-26-18-13-19-27-34/h11-19,22-27,35H,3-10,20-21,28-31H2,1-2H3,(H,38,39). The average molecular weight is 558 g/mol. The molecule has 41 heavy (non-hydrogen) atoms. The lowest BCUT2D eigenvalue weighted by molar-refractivity contribution is -0.122. The van der Waals surface area contributed by atoms with E-state index in [2.05, 4.69) is 92.0 Å². The third-order valence-electron chi connectivity index (χ3n) is 7.66. The molecule has 1 amide bonds. The minimum atomic E-state index is -0.809. The lowest BCUT2D eigenvalue weighted by Crippen LogP contribution is -2.41. The maximum absolute atomic E-state index is 12.7. The van der Waals surface area contributed by atoms with Crippen LogP contribution >= 0.6 is 0 Å². The minimum Gasteiger partial charge on any atom is -0.374 e. The topological polar surface area (TPSA) is 47.6 Å². The Morgan fingerprint density at radius 1 is 0.659 bits per heavy atom. The van der Waals surface area contributed by atoms with Gasteiger partial charge in [-0.15, -0.1) is 0 Å². The minimum absolute atomic E-state index is 0.0983. The number of hydrogen-bond donors (Lipinski definition) is 1. The fourth-order valence-corrected chi connectivity index (χ4v) is 5.31.